The average Bonchev–Trinajstić information content (AvgIpc) is 2.59. The number of esters is 1. The molecule has 142 valence electrons. The van der Waals surface area contributed by atoms with E-state index in [0.717, 1.165) is 57.8 Å². The minimum atomic E-state index is -1.13. The Hall–Kier alpha value is -0.910. The fourth-order valence-electron chi connectivity index (χ4n) is 2.52. The van der Waals surface area contributed by atoms with Crippen molar-refractivity contribution in [2.75, 3.05) is 7.11 Å². The van der Waals surface area contributed by atoms with Crippen LogP contribution in [0, 0.1) is 0 Å². The molecule has 0 aliphatic carbocycles. The van der Waals surface area contributed by atoms with Crippen molar-refractivity contribution in [3.8, 4) is 0 Å². The summed E-state index contributed by atoms with van der Waals surface area (Å²) in [5, 5.41) is 29.7. The quantitative estimate of drug-likeness (QED) is 0.241. The molecule has 0 bridgehead atoms. The van der Waals surface area contributed by atoms with Crippen LogP contribution in [0.4, 0.5) is 0 Å². The van der Waals surface area contributed by atoms with E-state index in [1.54, 1.807) is 6.08 Å². The van der Waals surface area contributed by atoms with Crippen molar-refractivity contribution in [2.45, 2.75) is 95.9 Å². The van der Waals surface area contributed by atoms with Gasteiger partial charge in [0.15, 0.2) is 0 Å². The first kappa shape index (κ1) is 23.1. The maximum atomic E-state index is 10.9. The first-order valence-electron chi connectivity index (χ1n) is 9.30. The predicted molar refractivity (Wildman–Crippen MR) is 95.6 cm³/mol. The molecule has 5 nitrogen and oxygen atoms in total. The molecule has 5 heteroatoms. The lowest BCUT2D eigenvalue weighted by Crippen LogP contribution is -2.36. The highest BCUT2D eigenvalue weighted by atomic mass is 16.5. The second-order valence-corrected chi connectivity index (χ2v) is 6.36. The molecule has 0 saturated carbocycles. The van der Waals surface area contributed by atoms with E-state index in [-0.39, 0.29) is 5.97 Å². The number of hydrogen-bond donors (Lipinski definition) is 3. The van der Waals surface area contributed by atoms with Gasteiger partial charge in [-0.2, -0.15) is 0 Å². The summed E-state index contributed by atoms with van der Waals surface area (Å²) in [4.78, 5) is 10.9. The Kier molecular flexibility index (Phi) is 15.0. The molecule has 24 heavy (non-hydrogen) atoms. The van der Waals surface area contributed by atoms with Gasteiger partial charge < -0.3 is 20.1 Å². The highest BCUT2D eigenvalue weighted by molar-refractivity contribution is 5.68. The predicted octanol–water partition coefficient (Wildman–Crippen LogP) is 3.11. The summed E-state index contributed by atoms with van der Waals surface area (Å²) in [6.45, 7) is 2.14. The topological polar surface area (TPSA) is 87.0 Å². The Morgan fingerprint density at radius 3 is 2.33 bits per heavy atom. The van der Waals surface area contributed by atoms with Crippen LogP contribution in [0.1, 0.15) is 77.6 Å². The molecule has 0 amide bonds. The summed E-state index contributed by atoms with van der Waals surface area (Å²) in [7, 11) is 1.39. The SMILES string of the molecule is CCCCC/C=C/C(O)C(O)C(O)CCCCCCCC(=O)OC. The molecule has 0 fully saturated rings. The fourth-order valence-corrected chi connectivity index (χ4v) is 2.52. The van der Waals surface area contributed by atoms with Crippen molar-refractivity contribution >= 4 is 5.97 Å². The van der Waals surface area contributed by atoms with Crippen molar-refractivity contribution in [2.24, 2.45) is 0 Å². The number of carbonyl (C=O) groups is 1. The first-order chi connectivity index (χ1) is 11.5. The third-order valence-electron chi connectivity index (χ3n) is 4.16. The monoisotopic (exact) mass is 344 g/mol. The number of carbonyl (C=O) groups excluding carboxylic acids is 1. The summed E-state index contributed by atoms with van der Waals surface area (Å²) < 4.78 is 4.58. The molecule has 0 aromatic rings. The van der Waals surface area contributed by atoms with Gasteiger partial charge in [-0.15, -0.1) is 0 Å². The van der Waals surface area contributed by atoms with Gasteiger partial charge in [0.05, 0.1) is 13.2 Å². The van der Waals surface area contributed by atoms with Crippen LogP contribution in [0.25, 0.3) is 0 Å². The zero-order valence-electron chi connectivity index (χ0n) is 15.3. The average molecular weight is 344 g/mol. The molecular weight excluding hydrogens is 308 g/mol. The molecule has 0 saturated heterocycles. The van der Waals surface area contributed by atoms with E-state index < -0.39 is 18.3 Å². The highest BCUT2D eigenvalue weighted by Crippen LogP contribution is 2.13. The molecule has 3 unspecified atom stereocenters. The number of hydrogen-bond acceptors (Lipinski definition) is 5. The lowest BCUT2D eigenvalue weighted by molar-refractivity contribution is -0.140. The van der Waals surface area contributed by atoms with Crippen LogP contribution in [0.5, 0.6) is 0 Å². The van der Waals surface area contributed by atoms with Gasteiger partial charge in [-0.3, -0.25) is 4.79 Å². The number of ether oxygens (including phenoxy) is 1. The summed E-state index contributed by atoms with van der Waals surface area (Å²) in [6.07, 6.45) is 10.1. The molecule has 0 rings (SSSR count). The van der Waals surface area contributed by atoms with Crippen LogP contribution in [-0.2, 0) is 9.53 Å². The lowest BCUT2D eigenvalue weighted by atomic mass is 10.0. The number of aliphatic hydroxyl groups is 3. The van der Waals surface area contributed by atoms with E-state index in [1.165, 1.54) is 7.11 Å². The molecule has 0 radical (unpaired) electrons. The molecular formula is C19H36O5. The fraction of sp³-hybridized carbons (Fsp3) is 0.842. The standard InChI is InChI=1S/C19H36O5/c1-3-4-5-7-10-13-16(20)19(23)17(21)14-11-8-6-9-12-15-18(22)24-2/h10,13,16-17,19-21,23H,3-9,11-12,14-15H2,1-2H3/b13-10+. The summed E-state index contributed by atoms with van der Waals surface area (Å²) in [6, 6.07) is 0. The Bertz CT molecular complexity index is 330. The maximum Gasteiger partial charge on any atom is 0.305 e. The van der Waals surface area contributed by atoms with Crippen molar-refractivity contribution in [3.05, 3.63) is 12.2 Å². The zero-order valence-corrected chi connectivity index (χ0v) is 15.3. The number of aliphatic hydroxyl groups excluding tert-OH is 3. The van der Waals surface area contributed by atoms with E-state index in [0.29, 0.717) is 12.8 Å². The molecule has 0 spiro atoms. The van der Waals surface area contributed by atoms with Gasteiger partial charge in [0.25, 0.3) is 0 Å². The minimum absolute atomic E-state index is 0.176. The largest absolute Gasteiger partial charge is 0.469 e. The second-order valence-electron chi connectivity index (χ2n) is 6.36. The molecule has 0 heterocycles. The van der Waals surface area contributed by atoms with Gasteiger partial charge in [0.1, 0.15) is 12.2 Å². The normalized spacial score (nSPS) is 15.4. The Labute approximate surface area is 146 Å². The van der Waals surface area contributed by atoms with E-state index in [4.69, 9.17) is 0 Å². The number of methoxy groups -OCH3 is 1. The molecule has 0 aliphatic rings. The summed E-state index contributed by atoms with van der Waals surface area (Å²) in [5.74, 6) is -0.176. The third-order valence-corrected chi connectivity index (χ3v) is 4.16. The van der Waals surface area contributed by atoms with Gasteiger partial charge in [-0.05, 0) is 25.7 Å². The van der Waals surface area contributed by atoms with E-state index >= 15 is 0 Å². The Morgan fingerprint density at radius 2 is 1.67 bits per heavy atom. The first-order valence-corrected chi connectivity index (χ1v) is 9.30. The van der Waals surface area contributed by atoms with Gasteiger partial charge in [-0.25, -0.2) is 0 Å². The molecule has 0 aromatic heterocycles. The molecule has 0 aliphatic heterocycles. The van der Waals surface area contributed by atoms with Crippen LogP contribution in [-0.4, -0.2) is 46.7 Å². The van der Waals surface area contributed by atoms with E-state index in [9.17, 15) is 20.1 Å². The smallest absolute Gasteiger partial charge is 0.305 e. The van der Waals surface area contributed by atoms with Crippen LogP contribution in [0.2, 0.25) is 0 Å². The highest BCUT2D eigenvalue weighted by Gasteiger charge is 2.21. The second kappa shape index (κ2) is 15.6. The van der Waals surface area contributed by atoms with Crippen LogP contribution < -0.4 is 0 Å². The van der Waals surface area contributed by atoms with E-state index in [2.05, 4.69) is 11.7 Å². The van der Waals surface area contributed by atoms with Gasteiger partial charge in [-0.1, -0.05) is 57.6 Å². The van der Waals surface area contributed by atoms with Crippen LogP contribution >= 0.6 is 0 Å². The van der Waals surface area contributed by atoms with Gasteiger partial charge in [0.2, 0.25) is 0 Å². The molecule has 0 aromatic carbocycles. The molecule has 3 N–H and O–H groups in total. The number of allylic oxidation sites excluding steroid dienone is 1. The Morgan fingerprint density at radius 1 is 1.00 bits per heavy atom. The Balaban J connectivity index is 3.70. The number of unbranched alkanes of at least 4 members (excludes halogenated alkanes) is 7. The van der Waals surface area contributed by atoms with E-state index in [1.807, 2.05) is 6.08 Å². The third kappa shape index (κ3) is 12.5. The molecule has 3 atom stereocenters. The zero-order chi connectivity index (χ0) is 18.2. The lowest BCUT2D eigenvalue weighted by Gasteiger charge is -2.20. The van der Waals surface area contributed by atoms with Crippen molar-refractivity contribution < 1.29 is 24.9 Å². The van der Waals surface area contributed by atoms with Crippen molar-refractivity contribution in [1.29, 1.82) is 0 Å². The minimum Gasteiger partial charge on any atom is -0.469 e. The summed E-state index contributed by atoms with van der Waals surface area (Å²) in [5.41, 5.74) is 0. The maximum absolute atomic E-state index is 10.9. The summed E-state index contributed by atoms with van der Waals surface area (Å²) >= 11 is 0. The van der Waals surface area contributed by atoms with Crippen LogP contribution in [0.15, 0.2) is 12.2 Å². The van der Waals surface area contributed by atoms with Crippen molar-refractivity contribution in [1.82, 2.24) is 0 Å². The van der Waals surface area contributed by atoms with Crippen LogP contribution in [0.3, 0.4) is 0 Å². The van der Waals surface area contributed by atoms with Gasteiger partial charge >= 0.3 is 5.97 Å². The van der Waals surface area contributed by atoms with Gasteiger partial charge in [0, 0.05) is 6.42 Å². The van der Waals surface area contributed by atoms with Crippen molar-refractivity contribution in [3.63, 3.8) is 0 Å². The number of rotatable bonds is 15.